The van der Waals surface area contributed by atoms with Crippen LogP contribution in [0.25, 0.3) is 0 Å². The van der Waals surface area contributed by atoms with Gasteiger partial charge in [-0.2, -0.15) is 0 Å². The molecule has 4 nitrogen and oxygen atoms in total. The van der Waals surface area contributed by atoms with E-state index in [1.807, 2.05) is 6.07 Å². The first kappa shape index (κ1) is 10.3. The van der Waals surface area contributed by atoms with E-state index in [-0.39, 0.29) is 0 Å². The summed E-state index contributed by atoms with van der Waals surface area (Å²) in [5.74, 6) is 0. The number of hydrogen-bond acceptors (Lipinski definition) is 2. The van der Waals surface area contributed by atoms with E-state index < -0.39 is 18.2 Å². The van der Waals surface area contributed by atoms with Crippen molar-refractivity contribution in [2.24, 2.45) is 0 Å². The number of carbonyl (C=O) groups is 1. The molecule has 1 aliphatic rings. The van der Waals surface area contributed by atoms with Crippen molar-refractivity contribution in [2.75, 3.05) is 0 Å². The lowest BCUT2D eigenvalue weighted by Gasteiger charge is -2.14. The fraction of sp³-hybridized carbons (Fsp3) is 0.300. The van der Waals surface area contributed by atoms with Crippen molar-refractivity contribution in [1.29, 1.82) is 0 Å². The lowest BCUT2D eigenvalue weighted by molar-refractivity contribution is 0.131. The molecule has 0 heterocycles. The molecule has 3 N–H and O–H groups in total. The third kappa shape index (κ3) is 1.78. The Hall–Kier alpha value is -1.26. The predicted molar refractivity (Wildman–Crippen MR) is 55.1 cm³/mol. The Morgan fingerprint density at radius 1 is 1.53 bits per heavy atom. The monoisotopic (exact) mass is 227 g/mol. The molecule has 0 radical (unpaired) electrons. The Kier molecular flexibility index (Phi) is 2.54. The number of fused-ring (bicyclic) bond motifs is 1. The minimum absolute atomic E-state index is 0.476. The predicted octanol–water partition coefficient (Wildman–Crippen LogP) is 1.57. The van der Waals surface area contributed by atoms with Crippen molar-refractivity contribution >= 4 is 17.7 Å². The van der Waals surface area contributed by atoms with Gasteiger partial charge in [0.2, 0.25) is 0 Å². The number of amides is 1. The topological polar surface area (TPSA) is 69.6 Å². The first-order valence-corrected chi connectivity index (χ1v) is 4.92. The molecule has 1 aromatic rings. The number of halogens is 1. The summed E-state index contributed by atoms with van der Waals surface area (Å²) in [6, 6.07) is 4.81. The number of aliphatic hydroxyl groups is 1. The molecule has 1 aromatic carbocycles. The highest BCUT2D eigenvalue weighted by Gasteiger charge is 2.33. The summed E-state index contributed by atoms with van der Waals surface area (Å²) in [5.41, 5.74) is 1.53. The van der Waals surface area contributed by atoms with Crippen LogP contribution >= 0.6 is 11.6 Å². The van der Waals surface area contributed by atoms with E-state index in [1.54, 1.807) is 12.1 Å². The molecule has 0 aromatic heterocycles. The molecule has 1 amide bonds. The van der Waals surface area contributed by atoms with Gasteiger partial charge in [-0.3, -0.25) is 0 Å². The summed E-state index contributed by atoms with van der Waals surface area (Å²) in [6.07, 6.45) is -1.52. The Bertz CT molecular complexity index is 408. The average Bonchev–Trinajstić information content (AvgIpc) is 2.44. The third-order valence-corrected chi connectivity index (χ3v) is 2.90. The standard InChI is InChI=1S/C10H10ClNO3/c11-6-3-1-2-5-4-7(12-10(14)15)9(13)8(5)6/h1-3,7,9,12-13H,4H2,(H,14,15)/t7-,9-/m0/s1. The second-order valence-corrected chi connectivity index (χ2v) is 3.92. The van der Waals surface area contributed by atoms with Crippen molar-refractivity contribution in [3.63, 3.8) is 0 Å². The van der Waals surface area contributed by atoms with Crippen LogP contribution in [-0.2, 0) is 6.42 Å². The number of nitrogens with one attached hydrogen (secondary N) is 1. The van der Waals surface area contributed by atoms with E-state index in [0.717, 1.165) is 5.56 Å². The molecule has 80 valence electrons. The van der Waals surface area contributed by atoms with Gasteiger partial charge in [0.1, 0.15) is 6.10 Å². The highest BCUT2D eigenvalue weighted by molar-refractivity contribution is 6.31. The summed E-state index contributed by atoms with van der Waals surface area (Å²) in [6.45, 7) is 0. The van der Waals surface area contributed by atoms with Crippen molar-refractivity contribution in [1.82, 2.24) is 5.32 Å². The maximum absolute atomic E-state index is 10.5. The minimum Gasteiger partial charge on any atom is -0.465 e. The highest BCUT2D eigenvalue weighted by atomic mass is 35.5. The highest BCUT2D eigenvalue weighted by Crippen LogP contribution is 2.36. The number of hydrogen-bond donors (Lipinski definition) is 3. The minimum atomic E-state index is -1.14. The van der Waals surface area contributed by atoms with Crippen LogP contribution in [0.1, 0.15) is 17.2 Å². The Labute approximate surface area is 91.5 Å². The Morgan fingerprint density at radius 2 is 2.27 bits per heavy atom. The van der Waals surface area contributed by atoms with Gasteiger partial charge in [0.15, 0.2) is 0 Å². The van der Waals surface area contributed by atoms with Gasteiger partial charge in [-0.05, 0) is 18.1 Å². The van der Waals surface area contributed by atoms with Crippen molar-refractivity contribution in [3.05, 3.63) is 34.3 Å². The van der Waals surface area contributed by atoms with Crippen LogP contribution < -0.4 is 5.32 Å². The van der Waals surface area contributed by atoms with Gasteiger partial charge in [-0.15, -0.1) is 0 Å². The van der Waals surface area contributed by atoms with Gasteiger partial charge in [0, 0.05) is 10.6 Å². The summed E-state index contributed by atoms with van der Waals surface area (Å²) in [4.78, 5) is 10.5. The molecule has 0 unspecified atom stereocenters. The van der Waals surface area contributed by atoms with Crippen LogP contribution in [0.5, 0.6) is 0 Å². The third-order valence-electron chi connectivity index (χ3n) is 2.57. The maximum atomic E-state index is 10.5. The summed E-state index contributed by atoms with van der Waals surface area (Å²) >= 11 is 5.93. The first-order valence-electron chi connectivity index (χ1n) is 4.54. The smallest absolute Gasteiger partial charge is 0.404 e. The van der Waals surface area contributed by atoms with Gasteiger partial charge < -0.3 is 15.5 Å². The number of aliphatic hydroxyl groups excluding tert-OH is 1. The van der Waals surface area contributed by atoms with E-state index in [2.05, 4.69) is 5.32 Å². The van der Waals surface area contributed by atoms with Crippen LogP contribution in [0.4, 0.5) is 4.79 Å². The van der Waals surface area contributed by atoms with E-state index in [9.17, 15) is 9.90 Å². The molecule has 5 heteroatoms. The van der Waals surface area contributed by atoms with Gasteiger partial charge in [-0.25, -0.2) is 4.79 Å². The van der Waals surface area contributed by atoms with Gasteiger partial charge >= 0.3 is 6.09 Å². The second-order valence-electron chi connectivity index (χ2n) is 3.52. The Morgan fingerprint density at radius 3 is 2.87 bits per heavy atom. The van der Waals surface area contributed by atoms with E-state index in [0.29, 0.717) is 17.0 Å². The normalized spacial score (nSPS) is 23.6. The van der Waals surface area contributed by atoms with Crippen molar-refractivity contribution in [2.45, 2.75) is 18.6 Å². The molecular formula is C10H10ClNO3. The molecular weight excluding hydrogens is 218 g/mol. The first-order chi connectivity index (χ1) is 7.09. The summed E-state index contributed by atoms with van der Waals surface area (Å²) < 4.78 is 0. The van der Waals surface area contributed by atoms with Crippen LogP contribution in [0.3, 0.4) is 0 Å². The van der Waals surface area contributed by atoms with Crippen LogP contribution in [0.15, 0.2) is 18.2 Å². The van der Waals surface area contributed by atoms with E-state index in [4.69, 9.17) is 16.7 Å². The van der Waals surface area contributed by atoms with Gasteiger partial charge in [0.05, 0.1) is 6.04 Å². The molecule has 0 fully saturated rings. The average molecular weight is 228 g/mol. The van der Waals surface area contributed by atoms with Crippen molar-refractivity contribution < 1.29 is 15.0 Å². The van der Waals surface area contributed by atoms with Crippen LogP contribution in [0, 0.1) is 0 Å². The van der Waals surface area contributed by atoms with Gasteiger partial charge in [-0.1, -0.05) is 23.7 Å². The molecule has 1 aliphatic carbocycles. The van der Waals surface area contributed by atoms with Crippen molar-refractivity contribution in [3.8, 4) is 0 Å². The lowest BCUT2D eigenvalue weighted by Crippen LogP contribution is -2.36. The molecule has 0 aliphatic heterocycles. The molecule has 0 bridgehead atoms. The SMILES string of the molecule is O=C(O)N[C@H]1Cc2cccc(Cl)c2[C@H]1O. The summed E-state index contributed by atoms with van der Waals surface area (Å²) in [7, 11) is 0. The zero-order chi connectivity index (χ0) is 11.0. The van der Waals surface area contributed by atoms with Gasteiger partial charge in [0.25, 0.3) is 0 Å². The quantitative estimate of drug-likeness (QED) is 0.682. The molecule has 0 saturated heterocycles. The lowest BCUT2D eigenvalue weighted by atomic mass is 10.1. The molecule has 2 atom stereocenters. The molecule has 2 rings (SSSR count). The second kappa shape index (κ2) is 3.72. The molecule has 0 spiro atoms. The molecule has 15 heavy (non-hydrogen) atoms. The molecule has 0 saturated carbocycles. The number of rotatable bonds is 1. The summed E-state index contributed by atoms with van der Waals surface area (Å²) in [5, 5.41) is 21.2. The fourth-order valence-corrected chi connectivity index (χ4v) is 2.24. The van der Waals surface area contributed by atoms with Crippen LogP contribution in [-0.4, -0.2) is 22.3 Å². The number of benzene rings is 1. The fourth-order valence-electron chi connectivity index (χ4n) is 1.93. The zero-order valence-corrected chi connectivity index (χ0v) is 8.53. The van der Waals surface area contributed by atoms with Crippen LogP contribution in [0.2, 0.25) is 5.02 Å². The Balaban J connectivity index is 2.29. The zero-order valence-electron chi connectivity index (χ0n) is 7.77. The van der Waals surface area contributed by atoms with E-state index in [1.165, 1.54) is 0 Å². The maximum Gasteiger partial charge on any atom is 0.404 e. The largest absolute Gasteiger partial charge is 0.465 e. The van der Waals surface area contributed by atoms with E-state index >= 15 is 0 Å². The number of carboxylic acid groups (broad SMARTS) is 1.